The Kier molecular flexibility index (Phi) is 7.07. The van der Waals surface area contributed by atoms with Gasteiger partial charge >= 0.3 is 0 Å². The van der Waals surface area contributed by atoms with E-state index < -0.39 is 5.91 Å². The molecule has 5 heteroatoms. The summed E-state index contributed by atoms with van der Waals surface area (Å²) in [7, 11) is 0. The molecular weight excluding hydrogens is 376 g/mol. The molecule has 0 spiro atoms. The van der Waals surface area contributed by atoms with Crippen molar-refractivity contribution in [3.63, 3.8) is 0 Å². The van der Waals surface area contributed by atoms with Crippen molar-refractivity contribution >= 4 is 22.6 Å². The minimum absolute atomic E-state index is 0.188. The van der Waals surface area contributed by atoms with Crippen LogP contribution in [0.1, 0.15) is 37.8 Å². The molecule has 0 bridgehead atoms. The van der Waals surface area contributed by atoms with Gasteiger partial charge in [0.15, 0.2) is 6.61 Å². The predicted octanol–water partition coefficient (Wildman–Crippen LogP) is 4.37. The number of rotatable bonds is 7. The summed E-state index contributed by atoms with van der Waals surface area (Å²) in [5.41, 5.74) is 7.06. The van der Waals surface area contributed by atoms with Crippen LogP contribution in [-0.2, 0) is 16.0 Å². The molecule has 30 heavy (non-hydrogen) atoms. The van der Waals surface area contributed by atoms with Crippen LogP contribution in [-0.4, -0.2) is 18.4 Å². The third-order valence-electron chi connectivity index (χ3n) is 4.95. The van der Waals surface area contributed by atoms with Crippen molar-refractivity contribution in [2.24, 2.45) is 5.92 Å². The lowest BCUT2D eigenvalue weighted by Crippen LogP contribution is -2.45. The Hall–Kier alpha value is -3.34. The average Bonchev–Trinajstić information content (AvgIpc) is 2.75. The predicted molar refractivity (Wildman–Crippen MR) is 119 cm³/mol. The van der Waals surface area contributed by atoms with Gasteiger partial charge in [-0.25, -0.2) is 0 Å². The molecule has 0 saturated heterocycles. The molecule has 0 saturated carbocycles. The highest BCUT2D eigenvalue weighted by Gasteiger charge is 2.16. The number of carbonyl (C=O) groups is 2. The van der Waals surface area contributed by atoms with Crippen LogP contribution in [0.4, 0.5) is 0 Å². The fourth-order valence-corrected chi connectivity index (χ4v) is 3.31. The van der Waals surface area contributed by atoms with Crippen LogP contribution in [0.25, 0.3) is 10.8 Å². The summed E-state index contributed by atoms with van der Waals surface area (Å²) in [5.74, 6) is 0.144. The van der Waals surface area contributed by atoms with Crippen molar-refractivity contribution in [1.82, 2.24) is 10.9 Å². The van der Waals surface area contributed by atoms with E-state index in [4.69, 9.17) is 4.74 Å². The molecular formula is C25H28N2O3. The molecule has 1 atom stereocenters. The Labute approximate surface area is 177 Å². The Bertz CT molecular complexity index is 1010. The summed E-state index contributed by atoms with van der Waals surface area (Å²) in [4.78, 5) is 24.5. The van der Waals surface area contributed by atoms with E-state index in [1.54, 1.807) is 0 Å². The molecule has 2 N–H and O–H groups in total. The number of hydrogen-bond donors (Lipinski definition) is 2. The van der Waals surface area contributed by atoms with Crippen LogP contribution in [0.15, 0.2) is 66.7 Å². The van der Waals surface area contributed by atoms with Gasteiger partial charge in [0, 0.05) is 5.39 Å². The summed E-state index contributed by atoms with van der Waals surface area (Å²) >= 11 is 0. The van der Waals surface area contributed by atoms with E-state index in [-0.39, 0.29) is 18.4 Å². The maximum Gasteiger partial charge on any atom is 0.276 e. The molecule has 0 radical (unpaired) electrons. The molecule has 0 aliphatic rings. The topological polar surface area (TPSA) is 67.4 Å². The highest BCUT2D eigenvalue weighted by Crippen LogP contribution is 2.25. The first-order valence-electron chi connectivity index (χ1n) is 10.2. The second-order valence-electron chi connectivity index (χ2n) is 7.86. The van der Waals surface area contributed by atoms with Crippen LogP contribution >= 0.6 is 0 Å². The summed E-state index contributed by atoms with van der Waals surface area (Å²) in [6.07, 6.45) is 1.01. The quantitative estimate of drug-likeness (QED) is 0.575. The summed E-state index contributed by atoms with van der Waals surface area (Å²) < 4.78 is 5.64. The van der Waals surface area contributed by atoms with Crippen molar-refractivity contribution in [2.45, 2.75) is 33.1 Å². The van der Waals surface area contributed by atoms with Crippen LogP contribution in [0.2, 0.25) is 0 Å². The van der Waals surface area contributed by atoms with E-state index >= 15 is 0 Å². The van der Waals surface area contributed by atoms with Crippen molar-refractivity contribution in [3.05, 3.63) is 77.9 Å². The third kappa shape index (κ3) is 5.60. The number of fused-ring (bicyclic) bond motifs is 1. The number of amides is 2. The number of hydrazine groups is 1. The normalized spacial score (nSPS) is 11.9. The Morgan fingerprint density at radius 2 is 1.57 bits per heavy atom. The molecule has 0 aromatic heterocycles. The summed E-state index contributed by atoms with van der Waals surface area (Å²) in [5, 5.41) is 1.98. The highest BCUT2D eigenvalue weighted by atomic mass is 16.5. The zero-order valence-corrected chi connectivity index (χ0v) is 17.6. The van der Waals surface area contributed by atoms with E-state index in [0.29, 0.717) is 11.7 Å². The molecule has 3 rings (SSSR count). The maximum atomic E-state index is 12.4. The molecule has 5 nitrogen and oxygen atoms in total. The SMILES string of the molecule is CC(C)Cc1ccc(C(C)C(=O)NNC(=O)COc2cccc3ccccc23)cc1. The number of carbonyl (C=O) groups excluding carboxylic acids is 2. The van der Waals surface area contributed by atoms with Gasteiger partial charge in [-0.3, -0.25) is 20.4 Å². The lowest BCUT2D eigenvalue weighted by atomic mass is 9.96. The van der Waals surface area contributed by atoms with Gasteiger partial charge in [-0.05, 0) is 41.8 Å². The summed E-state index contributed by atoms with van der Waals surface area (Å²) in [6, 6.07) is 21.5. The molecule has 156 valence electrons. The second kappa shape index (κ2) is 9.92. The Morgan fingerprint density at radius 1 is 0.867 bits per heavy atom. The third-order valence-corrected chi connectivity index (χ3v) is 4.95. The van der Waals surface area contributed by atoms with Crippen molar-refractivity contribution in [2.75, 3.05) is 6.61 Å². The molecule has 3 aromatic rings. The van der Waals surface area contributed by atoms with E-state index in [2.05, 4.69) is 36.8 Å². The van der Waals surface area contributed by atoms with Crippen LogP contribution < -0.4 is 15.6 Å². The van der Waals surface area contributed by atoms with Crippen molar-refractivity contribution in [1.29, 1.82) is 0 Å². The van der Waals surface area contributed by atoms with Gasteiger partial charge in [0.2, 0.25) is 5.91 Å². The summed E-state index contributed by atoms with van der Waals surface area (Å²) in [6.45, 7) is 5.98. The average molecular weight is 405 g/mol. The second-order valence-corrected chi connectivity index (χ2v) is 7.86. The van der Waals surface area contributed by atoms with Gasteiger partial charge in [-0.15, -0.1) is 0 Å². The van der Waals surface area contributed by atoms with Gasteiger partial charge in [0.05, 0.1) is 5.92 Å². The minimum atomic E-state index is -0.421. The molecule has 0 aliphatic carbocycles. The van der Waals surface area contributed by atoms with E-state index in [0.717, 1.165) is 22.8 Å². The zero-order valence-electron chi connectivity index (χ0n) is 17.6. The first kappa shape index (κ1) is 21.4. The minimum Gasteiger partial charge on any atom is -0.483 e. The lowest BCUT2D eigenvalue weighted by Gasteiger charge is -2.15. The number of ether oxygens (including phenoxy) is 1. The fraction of sp³-hybridized carbons (Fsp3) is 0.280. The molecule has 2 amide bonds. The van der Waals surface area contributed by atoms with E-state index in [9.17, 15) is 9.59 Å². The van der Waals surface area contributed by atoms with Gasteiger partial charge in [-0.1, -0.05) is 74.5 Å². The number of hydrogen-bond acceptors (Lipinski definition) is 3. The van der Waals surface area contributed by atoms with Gasteiger partial charge in [-0.2, -0.15) is 0 Å². The first-order chi connectivity index (χ1) is 14.4. The number of nitrogens with one attached hydrogen (secondary N) is 2. The van der Waals surface area contributed by atoms with E-state index in [1.165, 1.54) is 5.56 Å². The van der Waals surface area contributed by atoms with Gasteiger partial charge < -0.3 is 4.74 Å². The Balaban J connectivity index is 1.49. The first-order valence-corrected chi connectivity index (χ1v) is 10.2. The maximum absolute atomic E-state index is 12.4. The van der Waals surface area contributed by atoms with Crippen LogP contribution in [0, 0.1) is 5.92 Å². The molecule has 1 unspecified atom stereocenters. The van der Waals surface area contributed by atoms with Crippen LogP contribution in [0.5, 0.6) is 5.75 Å². The molecule has 3 aromatic carbocycles. The highest BCUT2D eigenvalue weighted by molar-refractivity contribution is 5.89. The van der Waals surface area contributed by atoms with Crippen LogP contribution in [0.3, 0.4) is 0 Å². The van der Waals surface area contributed by atoms with Crippen molar-refractivity contribution < 1.29 is 14.3 Å². The standard InChI is InChI=1S/C25H28N2O3/c1-17(2)15-19-11-13-20(14-12-19)18(3)25(29)27-26-24(28)16-30-23-10-6-8-21-7-4-5-9-22(21)23/h4-14,17-18H,15-16H2,1-3H3,(H,26,28)(H,27,29). The van der Waals surface area contributed by atoms with E-state index in [1.807, 2.05) is 61.5 Å². The lowest BCUT2D eigenvalue weighted by molar-refractivity contribution is -0.130. The van der Waals surface area contributed by atoms with Crippen molar-refractivity contribution in [3.8, 4) is 5.75 Å². The monoisotopic (exact) mass is 404 g/mol. The molecule has 0 aliphatic heterocycles. The molecule has 0 fully saturated rings. The fourth-order valence-electron chi connectivity index (χ4n) is 3.31. The molecule has 0 heterocycles. The van der Waals surface area contributed by atoms with Gasteiger partial charge in [0.25, 0.3) is 5.91 Å². The zero-order chi connectivity index (χ0) is 21.5. The largest absolute Gasteiger partial charge is 0.483 e. The smallest absolute Gasteiger partial charge is 0.276 e. The Morgan fingerprint density at radius 3 is 2.30 bits per heavy atom. The van der Waals surface area contributed by atoms with Gasteiger partial charge in [0.1, 0.15) is 5.75 Å². The number of benzene rings is 3.